The number of ether oxygens (including phenoxy) is 1. The summed E-state index contributed by atoms with van der Waals surface area (Å²) in [5.74, 6) is 0.0342. The van der Waals surface area contributed by atoms with Crippen molar-refractivity contribution >= 4 is 23.2 Å². The van der Waals surface area contributed by atoms with Crippen molar-refractivity contribution in [2.45, 2.75) is 40.2 Å². The van der Waals surface area contributed by atoms with Crippen molar-refractivity contribution in [2.24, 2.45) is 0 Å². The average molecular weight is 340 g/mol. The number of nitrogens with one attached hydrogen (secondary N) is 2. The van der Waals surface area contributed by atoms with Gasteiger partial charge in [-0.1, -0.05) is 12.1 Å². The van der Waals surface area contributed by atoms with Crippen LogP contribution in [0, 0.1) is 13.8 Å². The van der Waals surface area contributed by atoms with E-state index in [1.165, 1.54) is 0 Å². The van der Waals surface area contributed by atoms with Gasteiger partial charge >= 0.3 is 0 Å². The molecule has 2 amide bonds. The molecule has 0 saturated heterocycles. The minimum atomic E-state index is -0.361. The summed E-state index contributed by atoms with van der Waals surface area (Å²) >= 11 is 0. The van der Waals surface area contributed by atoms with Gasteiger partial charge in [-0.3, -0.25) is 9.59 Å². The third-order valence-electron chi connectivity index (χ3n) is 3.71. The molecule has 2 aromatic carbocycles. The lowest BCUT2D eigenvalue weighted by Crippen LogP contribution is -2.21. The standard InChI is InChI=1S/C20H24N2O3/c1-13(2)25-17-10-8-16(9-11-17)21-19(23)12-20(24)22-18-7-5-6-14(3)15(18)4/h5-11,13H,12H2,1-4H3,(H,21,23)(H,22,24). The van der Waals surface area contributed by atoms with Crippen LogP contribution in [-0.4, -0.2) is 17.9 Å². The fraction of sp³-hybridized carbons (Fsp3) is 0.300. The molecule has 0 atom stereocenters. The summed E-state index contributed by atoms with van der Waals surface area (Å²) in [6, 6.07) is 12.7. The molecular formula is C20H24N2O3. The van der Waals surface area contributed by atoms with E-state index in [1.807, 2.05) is 45.9 Å². The highest BCUT2D eigenvalue weighted by Crippen LogP contribution is 2.19. The largest absolute Gasteiger partial charge is 0.491 e. The molecule has 0 heterocycles. The van der Waals surface area contributed by atoms with Gasteiger partial charge < -0.3 is 15.4 Å². The van der Waals surface area contributed by atoms with Crippen molar-refractivity contribution < 1.29 is 14.3 Å². The Labute approximate surface area is 148 Å². The molecule has 0 radical (unpaired) electrons. The van der Waals surface area contributed by atoms with Crippen LogP contribution in [0.2, 0.25) is 0 Å². The first-order valence-corrected chi connectivity index (χ1v) is 8.28. The fourth-order valence-electron chi connectivity index (χ4n) is 2.32. The second-order valence-corrected chi connectivity index (χ2v) is 6.21. The maximum atomic E-state index is 12.1. The molecule has 0 aliphatic heterocycles. The molecule has 0 aromatic heterocycles. The van der Waals surface area contributed by atoms with Crippen LogP contribution in [-0.2, 0) is 9.59 Å². The third-order valence-corrected chi connectivity index (χ3v) is 3.71. The van der Waals surface area contributed by atoms with Crippen molar-refractivity contribution in [1.82, 2.24) is 0 Å². The Morgan fingerprint density at radius 3 is 2.24 bits per heavy atom. The van der Waals surface area contributed by atoms with Crippen molar-refractivity contribution in [1.29, 1.82) is 0 Å². The number of carbonyl (C=O) groups is 2. The number of benzene rings is 2. The van der Waals surface area contributed by atoms with Crippen LogP contribution >= 0.6 is 0 Å². The zero-order valence-corrected chi connectivity index (χ0v) is 15.1. The van der Waals surface area contributed by atoms with Crippen LogP contribution in [0.1, 0.15) is 31.4 Å². The molecular weight excluding hydrogens is 316 g/mol. The Morgan fingerprint density at radius 2 is 1.60 bits per heavy atom. The summed E-state index contributed by atoms with van der Waals surface area (Å²) in [6.45, 7) is 7.81. The predicted molar refractivity (Wildman–Crippen MR) is 100.0 cm³/mol. The van der Waals surface area contributed by atoms with E-state index in [0.717, 1.165) is 22.6 Å². The van der Waals surface area contributed by atoms with E-state index in [0.29, 0.717) is 5.69 Å². The number of aryl methyl sites for hydroxylation is 1. The Morgan fingerprint density at radius 1 is 0.960 bits per heavy atom. The second-order valence-electron chi connectivity index (χ2n) is 6.21. The van der Waals surface area contributed by atoms with Gasteiger partial charge in [-0.05, 0) is 69.2 Å². The summed E-state index contributed by atoms with van der Waals surface area (Å²) < 4.78 is 5.55. The average Bonchev–Trinajstić information content (AvgIpc) is 2.53. The van der Waals surface area contributed by atoms with Crippen LogP contribution in [0.4, 0.5) is 11.4 Å². The second kappa shape index (κ2) is 8.33. The molecule has 0 spiro atoms. The first-order chi connectivity index (χ1) is 11.8. The Hall–Kier alpha value is -2.82. The molecule has 5 nitrogen and oxygen atoms in total. The van der Waals surface area contributed by atoms with E-state index in [9.17, 15) is 9.59 Å². The highest BCUT2D eigenvalue weighted by atomic mass is 16.5. The molecule has 2 aromatic rings. The van der Waals surface area contributed by atoms with Crippen LogP contribution in [0.3, 0.4) is 0 Å². The Bertz CT molecular complexity index is 752. The van der Waals surface area contributed by atoms with Crippen LogP contribution in [0.5, 0.6) is 5.75 Å². The zero-order valence-electron chi connectivity index (χ0n) is 15.1. The molecule has 132 valence electrons. The number of carbonyl (C=O) groups excluding carboxylic acids is 2. The minimum absolute atomic E-state index is 0.0919. The van der Waals surface area contributed by atoms with Gasteiger partial charge in [0.05, 0.1) is 6.10 Å². The SMILES string of the molecule is Cc1cccc(NC(=O)CC(=O)Nc2ccc(OC(C)C)cc2)c1C. The van der Waals surface area contributed by atoms with Crippen molar-refractivity contribution in [3.05, 3.63) is 53.6 Å². The smallest absolute Gasteiger partial charge is 0.233 e. The zero-order chi connectivity index (χ0) is 18.4. The molecule has 0 saturated carbocycles. The van der Waals surface area contributed by atoms with Crippen LogP contribution < -0.4 is 15.4 Å². The number of amides is 2. The quantitative estimate of drug-likeness (QED) is 0.779. The lowest BCUT2D eigenvalue weighted by Gasteiger charge is -2.11. The van der Waals surface area contributed by atoms with Crippen LogP contribution in [0.15, 0.2) is 42.5 Å². The van der Waals surface area contributed by atoms with E-state index in [-0.39, 0.29) is 24.3 Å². The molecule has 0 unspecified atom stereocenters. The van der Waals surface area contributed by atoms with Gasteiger partial charge in [0.15, 0.2) is 0 Å². The molecule has 0 aliphatic carbocycles. The van der Waals surface area contributed by atoms with Gasteiger partial charge in [0.2, 0.25) is 11.8 Å². The number of rotatable bonds is 6. The predicted octanol–water partition coefficient (Wildman–Crippen LogP) is 4.06. The molecule has 2 N–H and O–H groups in total. The summed E-state index contributed by atoms with van der Waals surface area (Å²) in [7, 11) is 0. The Kier molecular flexibility index (Phi) is 6.17. The maximum Gasteiger partial charge on any atom is 0.233 e. The van der Waals surface area contributed by atoms with Crippen molar-refractivity contribution in [3.63, 3.8) is 0 Å². The molecule has 25 heavy (non-hydrogen) atoms. The normalized spacial score (nSPS) is 10.4. The van der Waals surface area contributed by atoms with E-state index in [2.05, 4.69) is 10.6 Å². The summed E-state index contributed by atoms with van der Waals surface area (Å²) in [6.07, 6.45) is -0.147. The van der Waals surface area contributed by atoms with Gasteiger partial charge in [0.25, 0.3) is 0 Å². The number of anilines is 2. The molecule has 0 aliphatic rings. The maximum absolute atomic E-state index is 12.1. The summed E-state index contributed by atoms with van der Waals surface area (Å²) in [4.78, 5) is 24.1. The van der Waals surface area contributed by atoms with Gasteiger partial charge in [0, 0.05) is 11.4 Å². The first kappa shape index (κ1) is 18.5. The van der Waals surface area contributed by atoms with E-state index < -0.39 is 0 Å². The van der Waals surface area contributed by atoms with Crippen molar-refractivity contribution in [2.75, 3.05) is 10.6 Å². The molecule has 2 rings (SSSR count). The van der Waals surface area contributed by atoms with Crippen LogP contribution in [0.25, 0.3) is 0 Å². The van der Waals surface area contributed by atoms with Gasteiger partial charge in [-0.25, -0.2) is 0 Å². The number of hydrogen-bond donors (Lipinski definition) is 2. The van der Waals surface area contributed by atoms with Gasteiger partial charge in [-0.2, -0.15) is 0 Å². The summed E-state index contributed by atoms with van der Waals surface area (Å²) in [5, 5.41) is 5.49. The molecule has 0 fully saturated rings. The van der Waals surface area contributed by atoms with E-state index in [4.69, 9.17) is 4.74 Å². The monoisotopic (exact) mass is 340 g/mol. The lowest BCUT2D eigenvalue weighted by molar-refractivity contribution is -0.123. The first-order valence-electron chi connectivity index (χ1n) is 8.28. The van der Waals surface area contributed by atoms with Gasteiger partial charge in [-0.15, -0.1) is 0 Å². The van der Waals surface area contributed by atoms with Crippen molar-refractivity contribution in [3.8, 4) is 5.75 Å². The highest BCUT2D eigenvalue weighted by molar-refractivity contribution is 6.08. The Balaban J connectivity index is 1.89. The van der Waals surface area contributed by atoms with E-state index in [1.54, 1.807) is 24.3 Å². The third kappa shape index (κ3) is 5.64. The minimum Gasteiger partial charge on any atom is -0.491 e. The molecule has 5 heteroatoms. The molecule has 0 bridgehead atoms. The topological polar surface area (TPSA) is 67.4 Å². The lowest BCUT2D eigenvalue weighted by atomic mass is 10.1. The highest BCUT2D eigenvalue weighted by Gasteiger charge is 2.11. The van der Waals surface area contributed by atoms with Gasteiger partial charge in [0.1, 0.15) is 12.2 Å². The fourth-order valence-corrected chi connectivity index (χ4v) is 2.32. The van der Waals surface area contributed by atoms with E-state index >= 15 is 0 Å². The number of hydrogen-bond acceptors (Lipinski definition) is 3. The summed E-state index contributed by atoms with van der Waals surface area (Å²) in [5.41, 5.74) is 3.44.